The average Bonchev–Trinajstić information content (AvgIpc) is 1.69. The van der Waals surface area contributed by atoms with Gasteiger partial charge in [0.25, 0.3) is 0 Å². The maximum absolute atomic E-state index is 2.00. The SMILES string of the molecule is C[CH]/C=C/C=C\C. The molecule has 0 aromatic heterocycles. The molecule has 0 bridgehead atoms. The molecule has 0 saturated carbocycles. The third-order valence-corrected chi connectivity index (χ3v) is 0.607. The fraction of sp³-hybridized carbons (Fsp3) is 0.286. The van der Waals surface area contributed by atoms with Gasteiger partial charge in [0.15, 0.2) is 0 Å². The molecule has 0 aromatic rings. The predicted octanol–water partition coefficient (Wildman–Crippen LogP) is 2.34. The lowest BCUT2D eigenvalue weighted by atomic mass is 10.4. The minimum atomic E-state index is 2.00. The number of hydrogen-bond donors (Lipinski definition) is 0. The molecule has 0 amide bonds. The molecule has 0 aromatic carbocycles. The molecule has 1 radical (unpaired) electrons. The molecule has 0 unspecified atom stereocenters. The van der Waals surface area contributed by atoms with E-state index in [1.54, 1.807) is 0 Å². The Labute approximate surface area is 45.5 Å². The first-order valence-electron chi connectivity index (χ1n) is 2.49. The van der Waals surface area contributed by atoms with Gasteiger partial charge in [-0.3, -0.25) is 0 Å². The van der Waals surface area contributed by atoms with Crippen LogP contribution in [0, 0.1) is 6.42 Å². The molecule has 0 heterocycles. The molecule has 0 heteroatoms. The van der Waals surface area contributed by atoms with Crippen LogP contribution in [0.4, 0.5) is 0 Å². The van der Waals surface area contributed by atoms with Crippen molar-refractivity contribution >= 4 is 0 Å². The third-order valence-electron chi connectivity index (χ3n) is 0.607. The minimum absolute atomic E-state index is 2.00. The molecule has 0 aliphatic rings. The highest BCUT2D eigenvalue weighted by molar-refractivity contribution is 5.05. The quantitative estimate of drug-likeness (QED) is 0.462. The van der Waals surface area contributed by atoms with Crippen molar-refractivity contribution in [1.29, 1.82) is 0 Å². The molecular formula is C7H11. The second kappa shape index (κ2) is 5.48. The number of allylic oxidation sites excluding steroid dienone is 4. The van der Waals surface area contributed by atoms with Crippen molar-refractivity contribution < 1.29 is 0 Å². The van der Waals surface area contributed by atoms with Crippen molar-refractivity contribution in [2.24, 2.45) is 0 Å². The van der Waals surface area contributed by atoms with Crippen LogP contribution in [-0.4, -0.2) is 0 Å². The van der Waals surface area contributed by atoms with Crippen molar-refractivity contribution in [1.82, 2.24) is 0 Å². The minimum Gasteiger partial charge on any atom is -0.0877 e. The summed E-state index contributed by atoms with van der Waals surface area (Å²) < 4.78 is 0. The summed E-state index contributed by atoms with van der Waals surface area (Å²) in [6, 6.07) is 0. The van der Waals surface area contributed by atoms with Crippen LogP contribution < -0.4 is 0 Å². The van der Waals surface area contributed by atoms with Crippen molar-refractivity contribution in [3.05, 3.63) is 30.7 Å². The van der Waals surface area contributed by atoms with Gasteiger partial charge in [-0.1, -0.05) is 31.2 Å². The lowest BCUT2D eigenvalue weighted by Gasteiger charge is -1.69. The first-order valence-corrected chi connectivity index (χ1v) is 2.49. The van der Waals surface area contributed by atoms with Gasteiger partial charge in [-0.25, -0.2) is 0 Å². The van der Waals surface area contributed by atoms with Gasteiger partial charge in [0.2, 0.25) is 0 Å². The Bertz CT molecular complexity index is 68.1. The van der Waals surface area contributed by atoms with Crippen LogP contribution in [0.2, 0.25) is 0 Å². The molecule has 0 atom stereocenters. The Hall–Kier alpha value is -0.520. The molecule has 39 valence electrons. The van der Waals surface area contributed by atoms with Gasteiger partial charge < -0.3 is 0 Å². The zero-order chi connectivity index (χ0) is 5.54. The Balaban J connectivity index is 3.09. The zero-order valence-corrected chi connectivity index (χ0v) is 4.89. The highest BCUT2D eigenvalue weighted by Gasteiger charge is 1.58. The van der Waals surface area contributed by atoms with E-state index in [1.165, 1.54) is 0 Å². The van der Waals surface area contributed by atoms with E-state index in [9.17, 15) is 0 Å². The molecular weight excluding hydrogens is 84.1 g/mol. The van der Waals surface area contributed by atoms with Crippen LogP contribution in [0.3, 0.4) is 0 Å². The van der Waals surface area contributed by atoms with Crippen LogP contribution in [-0.2, 0) is 0 Å². The summed E-state index contributed by atoms with van der Waals surface area (Å²) in [5.41, 5.74) is 0. The van der Waals surface area contributed by atoms with Gasteiger partial charge in [0, 0.05) is 0 Å². The van der Waals surface area contributed by atoms with Gasteiger partial charge in [-0.2, -0.15) is 0 Å². The zero-order valence-electron chi connectivity index (χ0n) is 4.89. The molecule has 0 fully saturated rings. The maximum atomic E-state index is 2.00. The van der Waals surface area contributed by atoms with Crippen LogP contribution in [0.5, 0.6) is 0 Å². The summed E-state index contributed by atoms with van der Waals surface area (Å²) in [5, 5.41) is 0. The second-order valence-corrected chi connectivity index (χ2v) is 1.24. The Morgan fingerprint density at radius 3 is 2.00 bits per heavy atom. The fourth-order valence-corrected chi connectivity index (χ4v) is 0.286. The Morgan fingerprint density at radius 2 is 1.57 bits per heavy atom. The van der Waals surface area contributed by atoms with Crippen LogP contribution in [0.25, 0.3) is 0 Å². The smallest absolute Gasteiger partial charge is 0.0198 e. The summed E-state index contributed by atoms with van der Waals surface area (Å²) in [6.07, 6.45) is 10.0. The lowest BCUT2D eigenvalue weighted by molar-refractivity contribution is 1.55. The largest absolute Gasteiger partial charge is 0.0877 e. The molecule has 0 aliphatic carbocycles. The predicted molar refractivity (Wildman–Crippen MR) is 33.9 cm³/mol. The van der Waals surface area contributed by atoms with E-state index in [4.69, 9.17) is 0 Å². The van der Waals surface area contributed by atoms with Gasteiger partial charge in [-0.15, -0.1) is 0 Å². The van der Waals surface area contributed by atoms with Gasteiger partial charge >= 0.3 is 0 Å². The van der Waals surface area contributed by atoms with E-state index >= 15 is 0 Å². The van der Waals surface area contributed by atoms with Crippen LogP contribution in [0.1, 0.15) is 13.8 Å². The van der Waals surface area contributed by atoms with E-state index in [1.807, 2.05) is 44.6 Å². The first kappa shape index (κ1) is 6.48. The fourth-order valence-electron chi connectivity index (χ4n) is 0.286. The molecule has 0 saturated heterocycles. The second-order valence-electron chi connectivity index (χ2n) is 1.24. The summed E-state index contributed by atoms with van der Waals surface area (Å²) >= 11 is 0. The highest BCUT2D eigenvalue weighted by atomic mass is 13.6. The van der Waals surface area contributed by atoms with E-state index in [2.05, 4.69) is 0 Å². The summed E-state index contributed by atoms with van der Waals surface area (Å²) in [5.74, 6) is 0. The topological polar surface area (TPSA) is 0 Å². The molecule has 0 N–H and O–H groups in total. The first-order chi connectivity index (χ1) is 3.41. The van der Waals surface area contributed by atoms with Gasteiger partial charge in [0.05, 0.1) is 0 Å². The molecule has 0 nitrogen and oxygen atoms in total. The molecule has 0 spiro atoms. The molecule has 0 rings (SSSR count). The standard InChI is InChI=1S/C7H11/c1-3-5-7-6-4-2/h3-7H,1-2H3/b5-3-,7-6+. The molecule has 0 aliphatic heterocycles. The Kier molecular flexibility index (Phi) is 5.07. The third kappa shape index (κ3) is 5.48. The Morgan fingerprint density at radius 1 is 0.857 bits per heavy atom. The van der Waals surface area contributed by atoms with E-state index in [-0.39, 0.29) is 0 Å². The van der Waals surface area contributed by atoms with E-state index in [0.29, 0.717) is 0 Å². The van der Waals surface area contributed by atoms with Crippen molar-refractivity contribution in [2.45, 2.75) is 13.8 Å². The average molecular weight is 95.2 g/mol. The summed E-state index contributed by atoms with van der Waals surface area (Å²) in [4.78, 5) is 0. The number of hydrogen-bond acceptors (Lipinski definition) is 0. The van der Waals surface area contributed by atoms with Crippen LogP contribution in [0.15, 0.2) is 24.3 Å². The van der Waals surface area contributed by atoms with Gasteiger partial charge in [-0.05, 0) is 13.3 Å². The normalized spacial score (nSPS) is 11.7. The number of rotatable bonds is 2. The van der Waals surface area contributed by atoms with E-state index < -0.39 is 0 Å². The summed E-state index contributed by atoms with van der Waals surface area (Å²) in [6.45, 7) is 4.00. The van der Waals surface area contributed by atoms with Crippen molar-refractivity contribution in [2.75, 3.05) is 0 Å². The summed E-state index contributed by atoms with van der Waals surface area (Å²) in [7, 11) is 0. The van der Waals surface area contributed by atoms with E-state index in [0.717, 1.165) is 0 Å². The maximum Gasteiger partial charge on any atom is -0.0198 e. The van der Waals surface area contributed by atoms with Crippen molar-refractivity contribution in [3.8, 4) is 0 Å². The highest BCUT2D eigenvalue weighted by Crippen LogP contribution is 1.78. The molecule has 7 heavy (non-hydrogen) atoms. The van der Waals surface area contributed by atoms with Crippen molar-refractivity contribution in [3.63, 3.8) is 0 Å². The lowest BCUT2D eigenvalue weighted by Crippen LogP contribution is -1.50. The van der Waals surface area contributed by atoms with Crippen LogP contribution >= 0.6 is 0 Å². The monoisotopic (exact) mass is 95.1 g/mol. The van der Waals surface area contributed by atoms with Gasteiger partial charge in [0.1, 0.15) is 0 Å².